The Morgan fingerprint density at radius 3 is 2.21 bits per heavy atom. The second kappa shape index (κ2) is 12.1. The van der Waals surface area contributed by atoms with Gasteiger partial charge in [-0.2, -0.15) is 0 Å². The van der Waals surface area contributed by atoms with Crippen LogP contribution < -0.4 is 5.32 Å². The number of piperidine rings is 1. The first-order valence-corrected chi connectivity index (χ1v) is 11.4. The van der Waals surface area contributed by atoms with E-state index in [1.54, 1.807) is 0 Å². The van der Waals surface area contributed by atoms with E-state index >= 15 is 0 Å². The predicted octanol–water partition coefficient (Wildman–Crippen LogP) is 4.09. The van der Waals surface area contributed by atoms with Crippen molar-refractivity contribution in [3.63, 3.8) is 0 Å². The molecule has 1 atom stereocenters. The van der Waals surface area contributed by atoms with Gasteiger partial charge in [-0.25, -0.2) is 0 Å². The average molecular weight is 394 g/mol. The Labute approximate surface area is 178 Å². The molecule has 158 valence electrons. The number of hydrogen-bond acceptors (Lipinski definition) is 3. The molecule has 0 bridgehead atoms. The van der Waals surface area contributed by atoms with Crippen LogP contribution in [0.25, 0.3) is 0 Å². The summed E-state index contributed by atoms with van der Waals surface area (Å²) in [5.74, 6) is 0.686. The van der Waals surface area contributed by atoms with Crippen molar-refractivity contribution >= 4 is 0 Å². The minimum atomic E-state index is 0.686. The zero-order valence-electron chi connectivity index (χ0n) is 18.4. The third-order valence-electron chi connectivity index (χ3n) is 6.26. The number of likely N-dealkylation sites (tertiary alicyclic amines) is 1. The van der Waals surface area contributed by atoms with Crippen molar-refractivity contribution in [1.29, 1.82) is 0 Å². The molecular weight excluding hydrogens is 354 g/mol. The molecule has 0 aliphatic carbocycles. The van der Waals surface area contributed by atoms with E-state index in [0.29, 0.717) is 5.92 Å². The van der Waals surface area contributed by atoms with Crippen LogP contribution in [0.15, 0.2) is 60.7 Å². The van der Waals surface area contributed by atoms with Crippen molar-refractivity contribution in [1.82, 2.24) is 15.1 Å². The minimum absolute atomic E-state index is 0.686. The summed E-state index contributed by atoms with van der Waals surface area (Å²) < 4.78 is 0. The third-order valence-corrected chi connectivity index (χ3v) is 6.26. The van der Waals surface area contributed by atoms with Crippen molar-refractivity contribution in [3.8, 4) is 0 Å². The molecule has 0 radical (unpaired) electrons. The van der Waals surface area contributed by atoms with E-state index in [-0.39, 0.29) is 0 Å². The fourth-order valence-corrected chi connectivity index (χ4v) is 4.60. The molecule has 1 saturated heterocycles. The average Bonchev–Trinajstić information content (AvgIpc) is 2.77. The van der Waals surface area contributed by atoms with Crippen LogP contribution in [0.5, 0.6) is 0 Å². The molecule has 3 rings (SSSR count). The summed E-state index contributed by atoms with van der Waals surface area (Å²) in [6.07, 6.45) is 4.95. The number of rotatable bonds is 11. The number of benzene rings is 2. The van der Waals surface area contributed by atoms with Crippen LogP contribution >= 0.6 is 0 Å². The summed E-state index contributed by atoms with van der Waals surface area (Å²) in [5, 5.41) is 3.36. The lowest BCUT2D eigenvalue weighted by atomic mass is 9.97. The van der Waals surface area contributed by atoms with Crippen LogP contribution in [0.4, 0.5) is 0 Å². The lowest BCUT2D eigenvalue weighted by Gasteiger charge is -2.39. The van der Waals surface area contributed by atoms with Crippen molar-refractivity contribution in [3.05, 3.63) is 71.8 Å². The first kappa shape index (κ1) is 22.0. The molecule has 1 aliphatic rings. The molecular formula is C26H39N3. The number of nitrogens with zero attached hydrogens (tertiary/aromatic N) is 2. The zero-order chi connectivity index (χ0) is 20.3. The van der Waals surface area contributed by atoms with Crippen LogP contribution in [0.2, 0.25) is 0 Å². The Balaban J connectivity index is 1.46. The molecule has 1 aliphatic heterocycles. The maximum Gasteiger partial charge on any atom is 0.0120 e. The van der Waals surface area contributed by atoms with Crippen molar-refractivity contribution < 1.29 is 0 Å². The zero-order valence-corrected chi connectivity index (χ0v) is 18.4. The normalized spacial score (nSPS) is 16.9. The molecule has 0 amide bonds. The highest BCUT2D eigenvalue weighted by Crippen LogP contribution is 2.19. The molecule has 0 spiro atoms. The van der Waals surface area contributed by atoms with Crippen LogP contribution in [0.1, 0.15) is 30.9 Å². The van der Waals surface area contributed by atoms with Crippen LogP contribution in [-0.2, 0) is 12.8 Å². The van der Waals surface area contributed by atoms with Gasteiger partial charge < -0.3 is 10.2 Å². The highest BCUT2D eigenvalue weighted by Gasteiger charge is 2.25. The van der Waals surface area contributed by atoms with Crippen molar-refractivity contribution in [2.45, 2.75) is 38.6 Å². The minimum Gasteiger partial charge on any atom is -0.318 e. The van der Waals surface area contributed by atoms with Crippen LogP contribution in [0, 0.1) is 5.92 Å². The Morgan fingerprint density at radius 2 is 1.59 bits per heavy atom. The monoisotopic (exact) mass is 393 g/mol. The van der Waals surface area contributed by atoms with Gasteiger partial charge in [-0.05, 0) is 62.9 Å². The summed E-state index contributed by atoms with van der Waals surface area (Å²) >= 11 is 0. The van der Waals surface area contributed by atoms with E-state index in [2.05, 4.69) is 89.8 Å². The smallest absolute Gasteiger partial charge is 0.0120 e. The van der Waals surface area contributed by atoms with E-state index < -0.39 is 0 Å². The van der Waals surface area contributed by atoms with Gasteiger partial charge >= 0.3 is 0 Å². The predicted molar refractivity (Wildman–Crippen MR) is 124 cm³/mol. The molecule has 1 heterocycles. The van der Waals surface area contributed by atoms with Gasteiger partial charge in [0.2, 0.25) is 0 Å². The van der Waals surface area contributed by atoms with Crippen molar-refractivity contribution in [2.24, 2.45) is 5.92 Å². The second-order valence-electron chi connectivity index (χ2n) is 8.70. The van der Waals surface area contributed by atoms with Gasteiger partial charge in [-0.3, -0.25) is 4.90 Å². The Hall–Kier alpha value is -1.68. The van der Waals surface area contributed by atoms with E-state index in [4.69, 9.17) is 0 Å². The highest BCUT2D eigenvalue weighted by atomic mass is 15.2. The molecule has 2 aromatic carbocycles. The summed E-state index contributed by atoms with van der Waals surface area (Å²) in [6, 6.07) is 22.6. The molecule has 0 aromatic heterocycles. The molecule has 3 nitrogen and oxygen atoms in total. The highest BCUT2D eigenvalue weighted by molar-refractivity contribution is 5.15. The maximum atomic E-state index is 3.36. The lowest BCUT2D eigenvalue weighted by Crippen LogP contribution is -2.48. The Bertz CT molecular complexity index is 665. The van der Waals surface area contributed by atoms with Gasteiger partial charge in [-0.1, -0.05) is 67.6 Å². The lowest BCUT2D eigenvalue weighted by molar-refractivity contribution is 0.0978. The quantitative estimate of drug-likeness (QED) is 0.620. The summed E-state index contributed by atoms with van der Waals surface area (Å²) in [6.45, 7) is 9.51. The number of hydrogen-bond donors (Lipinski definition) is 1. The second-order valence-corrected chi connectivity index (χ2v) is 8.70. The largest absolute Gasteiger partial charge is 0.318 e. The van der Waals surface area contributed by atoms with Gasteiger partial charge in [0, 0.05) is 32.2 Å². The summed E-state index contributed by atoms with van der Waals surface area (Å²) in [7, 11) is 2.07. The standard InChI is InChI=1S/C26H39N3/c1-23(21-25-11-7-4-8-12-25)22-29(20-16-27-2)26-14-18-28(19-15-26)17-13-24-9-5-3-6-10-24/h3-12,23,26-27H,13-22H2,1-2H3. The van der Waals surface area contributed by atoms with Crippen molar-refractivity contribution in [2.75, 3.05) is 46.3 Å². The van der Waals surface area contributed by atoms with Crippen LogP contribution in [-0.4, -0.2) is 62.2 Å². The first-order valence-electron chi connectivity index (χ1n) is 11.4. The molecule has 0 saturated carbocycles. The summed E-state index contributed by atoms with van der Waals surface area (Å²) in [5.41, 5.74) is 2.92. The number of likely N-dealkylation sites (N-methyl/N-ethyl adjacent to an activating group) is 1. The molecule has 1 N–H and O–H groups in total. The SMILES string of the molecule is CNCCN(CC(C)Cc1ccccc1)C1CCN(CCc2ccccc2)CC1. The molecule has 29 heavy (non-hydrogen) atoms. The van der Waals surface area contributed by atoms with E-state index in [1.807, 2.05) is 0 Å². The summed E-state index contributed by atoms with van der Waals surface area (Å²) in [4.78, 5) is 5.42. The van der Waals surface area contributed by atoms with Gasteiger partial charge in [0.25, 0.3) is 0 Å². The van der Waals surface area contributed by atoms with Gasteiger partial charge in [0.1, 0.15) is 0 Å². The van der Waals surface area contributed by atoms with E-state index in [9.17, 15) is 0 Å². The fraction of sp³-hybridized carbons (Fsp3) is 0.538. The Morgan fingerprint density at radius 1 is 0.966 bits per heavy atom. The molecule has 1 unspecified atom stereocenters. The van der Waals surface area contributed by atoms with Gasteiger partial charge in [0.05, 0.1) is 0 Å². The van der Waals surface area contributed by atoms with Gasteiger partial charge in [-0.15, -0.1) is 0 Å². The van der Waals surface area contributed by atoms with Crippen LogP contribution in [0.3, 0.4) is 0 Å². The van der Waals surface area contributed by atoms with Gasteiger partial charge in [0.15, 0.2) is 0 Å². The fourth-order valence-electron chi connectivity index (χ4n) is 4.60. The maximum absolute atomic E-state index is 3.36. The molecule has 3 heteroatoms. The Kier molecular flexibility index (Phi) is 9.20. The third kappa shape index (κ3) is 7.58. The first-order chi connectivity index (χ1) is 14.2. The molecule has 1 fully saturated rings. The van der Waals surface area contributed by atoms with E-state index in [1.165, 1.54) is 63.0 Å². The topological polar surface area (TPSA) is 18.5 Å². The molecule has 2 aromatic rings. The number of nitrogens with one attached hydrogen (secondary N) is 1. The van der Waals surface area contributed by atoms with E-state index in [0.717, 1.165) is 19.1 Å².